The highest BCUT2D eigenvalue weighted by molar-refractivity contribution is 7.12. The Morgan fingerprint density at radius 2 is 1.61 bits per heavy atom. The van der Waals surface area contributed by atoms with Crippen molar-refractivity contribution in [2.45, 2.75) is 13.1 Å². The fourth-order valence-corrected chi connectivity index (χ4v) is 4.57. The standard InChI is InChI=1S/C28H25F2N3O2S/c1-32(2)25-12-11-24(31-27(34)20-7-4-9-23(30)15-20)16-21(25)18-33(28(35)26-10-5-13-36-26)17-19-6-3-8-22(29)14-19/h3-16H,17-18H2,1-2H3,(H,31,34). The SMILES string of the molecule is CN(C)c1ccc(NC(=O)c2cccc(F)c2)cc1CN(Cc1cccc(F)c1)C(=O)c1cccs1. The maximum Gasteiger partial charge on any atom is 0.264 e. The maximum absolute atomic E-state index is 13.9. The average molecular weight is 506 g/mol. The van der Waals surface area contributed by atoms with Gasteiger partial charge in [0.1, 0.15) is 11.6 Å². The van der Waals surface area contributed by atoms with Crippen LogP contribution in [0.1, 0.15) is 31.2 Å². The van der Waals surface area contributed by atoms with Crippen molar-refractivity contribution >= 4 is 34.5 Å². The molecule has 0 radical (unpaired) electrons. The predicted molar refractivity (Wildman–Crippen MR) is 139 cm³/mol. The monoisotopic (exact) mass is 505 g/mol. The van der Waals surface area contributed by atoms with Crippen LogP contribution < -0.4 is 10.2 Å². The van der Waals surface area contributed by atoms with Gasteiger partial charge in [-0.1, -0.05) is 24.3 Å². The van der Waals surface area contributed by atoms with Crippen molar-refractivity contribution in [2.75, 3.05) is 24.3 Å². The van der Waals surface area contributed by atoms with Crippen molar-refractivity contribution in [1.29, 1.82) is 0 Å². The lowest BCUT2D eigenvalue weighted by molar-refractivity contribution is 0.0734. The van der Waals surface area contributed by atoms with E-state index in [1.807, 2.05) is 36.5 Å². The molecule has 0 atom stereocenters. The van der Waals surface area contributed by atoms with E-state index in [1.54, 1.807) is 35.2 Å². The second-order valence-corrected chi connectivity index (χ2v) is 9.42. The fraction of sp³-hybridized carbons (Fsp3) is 0.143. The molecule has 3 aromatic carbocycles. The van der Waals surface area contributed by atoms with Gasteiger partial charge in [-0.05, 0) is 71.1 Å². The highest BCUT2D eigenvalue weighted by Gasteiger charge is 2.20. The highest BCUT2D eigenvalue weighted by atomic mass is 32.1. The third kappa shape index (κ3) is 6.14. The Balaban J connectivity index is 1.65. The van der Waals surface area contributed by atoms with Gasteiger partial charge in [0.2, 0.25) is 0 Å². The normalized spacial score (nSPS) is 10.7. The maximum atomic E-state index is 13.9. The van der Waals surface area contributed by atoms with E-state index in [0.717, 1.165) is 11.3 Å². The zero-order chi connectivity index (χ0) is 25.7. The summed E-state index contributed by atoms with van der Waals surface area (Å²) in [5, 5.41) is 4.64. The molecule has 0 aliphatic rings. The van der Waals surface area contributed by atoms with Crippen LogP contribution in [-0.2, 0) is 13.1 Å². The number of anilines is 2. The molecule has 0 aliphatic carbocycles. The largest absolute Gasteiger partial charge is 0.377 e. The molecule has 4 rings (SSSR count). The number of carbonyl (C=O) groups is 2. The summed E-state index contributed by atoms with van der Waals surface area (Å²) >= 11 is 1.34. The third-order valence-electron chi connectivity index (χ3n) is 5.55. The van der Waals surface area contributed by atoms with Crippen molar-refractivity contribution in [3.05, 3.63) is 117 Å². The number of thiophene rings is 1. The van der Waals surface area contributed by atoms with E-state index in [2.05, 4.69) is 5.32 Å². The molecule has 0 spiro atoms. The van der Waals surface area contributed by atoms with E-state index in [9.17, 15) is 18.4 Å². The van der Waals surface area contributed by atoms with E-state index in [1.165, 1.54) is 47.7 Å². The van der Waals surface area contributed by atoms with Crippen LogP contribution in [0.5, 0.6) is 0 Å². The molecule has 1 aromatic heterocycles. The predicted octanol–water partition coefficient (Wildman–Crippen LogP) is 6.19. The number of amides is 2. The van der Waals surface area contributed by atoms with Gasteiger partial charge in [-0.2, -0.15) is 0 Å². The van der Waals surface area contributed by atoms with Gasteiger partial charge in [-0.25, -0.2) is 8.78 Å². The van der Waals surface area contributed by atoms with Crippen LogP contribution in [0.25, 0.3) is 0 Å². The van der Waals surface area contributed by atoms with Crippen LogP contribution in [0.3, 0.4) is 0 Å². The van der Waals surface area contributed by atoms with E-state index >= 15 is 0 Å². The van der Waals surface area contributed by atoms with Crippen molar-refractivity contribution in [2.24, 2.45) is 0 Å². The average Bonchev–Trinajstić information content (AvgIpc) is 3.38. The minimum atomic E-state index is -0.494. The van der Waals surface area contributed by atoms with Gasteiger partial charge < -0.3 is 15.1 Å². The van der Waals surface area contributed by atoms with Gasteiger partial charge in [0, 0.05) is 44.1 Å². The second kappa shape index (κ2) is 11.1. The minimum Gasteiger partial charge on any atom is -0.377 e. The first-order valence-electron chi connectivity index (χ1n) is 11.2. The molecule has 0 saturated carbocycles. The number of nitrogens with one attached hydrogen (secondary N) is 1. The molecular weight excluding hydrogens is 480 g/mol. The molecule has 184 valence electrons. The van der Waals surface area contributed by atoms with Crippen LogP contribution in [-0.4, -0.2) is 30.8 Å². The highest BCUT2D eigenvalue weighted by Crippen LogP contribution is 2.27. The van der Waals surface area contributed by atoms with E-state index < -0.39 is 11.7 Å². The van der Waals surface area contributed by atoms with Gasteiger partial charge in [0.25, 0.3) is 11.8 Å². The number of carbonyl (C=O) groups excluding carboxylic acids is 2. The molecule has 1 N–H and O–H groups in total. The lowest BCUT2D eigenvalue weighted by Crippen LogP contribution is -2.30. The Hall–Kier alpha value is -4.04. The van der Waals surface area contributed by atoms with Crippen LogP contribution >= 0.6 is 11.3 Å². The topological polar surface area (TPSA) is 52.7 Å². The molecule has 5 nitrogen and oxygen atoms in total. The summed E-state index contributed by atoms with van der Waals surface area (Å²) in [5.41, 5.74) is 3.04. The second-order valence-electron chi connectivity index (χ2n) is 8.47. The Morgan fingerprint density at radius 3 is 2.28 bits per heavy atom. The minimum absolute atomic E-state index is 0.173. The van der Waals surface area contributed by atoms with Crippen molar-refractivity contribution in [1.82, 2.24) is 4.90 Å². The molecule has 0 bridgehead atoms. The van der Waals surface area contributed by atoms with Crippen molar-refractivity contribution < 1.29 is 18.4 Å². The Morgan fingerprint density at radius 1 is 0.861 bits per heavy atom. The Kier molecular flexibility index (Phi) is 7.75. The molecule has 0 fully saturated rings. The zero-order valence-electron chi connectivity index (χ0n) is 19.9. The van der Waals surface area contributed by atoms with Gasteiger partial charge in [-0.15, -0.1) is 11.3 Å². The summed E-state index contributed by atoms with van der Waals surface area (Å²) in [6.45, 7) is 0.436. The molecule has 2 amide bonds. The number of hydrogen-bond donors (Lipinski definition) is 1. The number of rotatable bonds is 8. The smallest absolute Gasteiger partial charge is 0.264 e. The lowest BCUT2D eigenvalue weighted by Gasteiger charge is -2.26. The van der Waals surface area contributed by atoms with E-state index in [-0.39, 0.29) is 30.4 Å². The Labute approximate surface area is 212 Å². The summed E-state index contributed by atoms with van der Waals surface area (Å²) in [7, 11) is 3.78. The van der Waals surface area contributed by atoms with E-state index in [0.29, 0.717) is 16.1 Å². The first-order chi connectivity index (χ1) is 17.3. The third-order valence-corrected chi connectivity index (χ3v) is 6.41. The van der Waals surface area contributed by atoms with E-state index in [4.69, 9.17) is 0 Å². The summed E-state index contributed by atoms with van der Waals surface area (Å²) in [6.07, 6.45) is 0. The first kappa shape index (κ1) is 25.1. The number of halogens is 2. The number of nitrogens with zero attached hydrogens (tertiary/aromatic N) is 2. The molecule has 0 aliphatic heterocycles. The molecule has 1 heterocycles. The van der Waals surface area contributed by atoms with Crippen LogP contribution in [0.4, 0.5) is 20.2 Å². The first-order valence-corrected chi connectivity index (χ1v) is 12.1. The molecule has 8 heteroatoms. The zero-order valence-corrected chi connectivity index (χ0v) is 20.7. The molecule has 0 unspecified atom stereocenters. The van der Waals surface area contributed by atoms with Crippen LogP contribution in [0.15, 0.2) is 84.2 Å². The summed E-state index contributed by atoms with van der Waals surface area (Å²) in [5.74, 6) is -1.48. The summed E-state index contributed by atoms with van der Waals surface area (Å²) in [6, 6.07) is 20.6. The Bertz CT molecular complexity index is 1370. The van der Waals surface area contributed by atoms with Gasteiger partial charge in [0.05, 0.1) is 4.88 Å². The van der Waals surface area contributed by atoms with Gasteiger partial charge in [0.15, 0.2) is 0 Å². The van der Waals surface area contributed by atoms with Gasteiger partial charge in [-0.3, -0.25) is 9.59 Å². The van der Waals surface area contributed by atoms with Crippen LogP contribution in [0.2, 0.25) is 0 Å². The van der Waals surface area contributed by atoms with Gasteiger partial charge >= 0.3 is 0 Å². The molecule has 0 saturated heterocycles. The molecule has 36 heavy (non-hydrogen) atoms. The summed E-state index contributed by atoms with van der Waals surface area (Å²) < 4.78 is 27.4. The van der Waals surface area contributed by atoms with Crippen molar-refractivity contribution in [3.63, 3.8) is 0 Å². The molecular formula is C28H25F2N3O2S. The van der Waals surface area contributed by atoms with Crippen molar-refractivity contribution in [3.8, 4) is 0 Å². The lowest BCUT2D eigenvalue weighted by atomic mass is 10.1. The number of benzene rings is 3. The van der Waals surface area contributed by atoms with Crippen LogP contribution in [0, 0.1) is 11.6 Å². The quantitative estimate of drug-likeness (QED) is 0.311. The summed E-state index contributed by atoms with van der Waals surface area (Å²) in [4.78, 5) is 30.2. The molecule has 4 aromatic rings. The fourth-order valence-electron chi connectivity index (χ4n) is 3.88. The number of hydrogen-bond acceptors (Lipinski definition) is 4.